The number of carbonyl (C=O) groups is 3. The van der Waals surface area contributed by atoms with Crippen LogP contribution in [0.1, 0.15) is 34.3 Å². The van der Waals surface area contributed by atoms with Gasteiger partial charge in [0.2, 0.25) is 0 Å². The van der Waals surface area contributed by atoms with Crippen molar-refractivity contribution in [1.82, 2.24) is 9.13 Å². The molecule has 4 atom stereocenters. The summed E-state index contributed by atoms with van der Waals surface area (Å²) < 4.78 is 3.81. The summed E-state index contributed by atoms with van der Waals surface area (Å²) in [6.45, 7) is 2.13. The van der Waals surface area contributed by atoms with Crippen molar-refractivity contribution in [3.63, 3.8) is 0 Å². The van der Waals surface area contributed by atoms with Crippen LogP contribution in [0.2, 0.25) is 0 Å². The first-order valence-corrected chi connectivity index (χ1v) is 14.4. The molecule has 8 rings (SSSR count). The van der Waals surface area contributed by atoms with Crippen LogP contribution in [0.15, 0.2) is 83.0 Å². The fourth-order valence-electron chi connectivity index (χ4n) is 7.04. The molecule has 4 heterocycles. The van der Waals surface area contributed by atoms with Crippen molar-refractivity contribution >= 4 is 62.4 Å². The first-order valence-electron chi connectivity index (χ1n) is 13.5. The monoisotopic (exact) mass is 546 g/mol. The second kappa shape index (κ2) is 7.95. The third-order valence-corrected chi connectivity index (χ3v) is 10.5. The van der Waals surface area contributed by atoms with Crippen LogP contribution in [-0.4, -0.2) is 42.8 Å². The number of hydrogen-bond acceptors (Lipinski definition) is 5. The number of para-hydroxylation sites is 1. The molecule has 0 radical (unpaired) electrons. The van der Waals surface area contributed by atoms with Crippen molar-refractivity contribution in [3.05, 3.63) is 89.4 Å². The van der Waals surface area contributed by atoms with Crippen molar-refractivity contribution in [2.75, 3.05) is 5.32 Å². The number of aromatic nitrogens is 2. The van der Waals surface area contributed by atoms with E-state index in [0.717, 1.165) is 45.1 Å². The number of rotatable bonds is 4. The van der Waals surface area contributed by atoms with Crippen LogP contribution in [0.25, 0.3) is 21.8 Å². The Morgan fingerprint density at radius 2 is 1.75 bits per heavy atom. The molecule has 1 N–H and O–H groups in total. The van der Waals surface area contributed by atoms with Crippen molar-refractivity contribution < 1.29 is 14.4 Å². The average molecular weight is 547 g/mol. The van der Waals surface area contributed by atoms with Gasteiger partial charge in [-0.3, -0.25) is 19.4 Å². The number of thioether (sulfide) groups is 1. The molecular formula is C32H26N4O3S. The minimum Gasteiger partial charge on any atom is -0.341 e. The highest BCUT2D eigenvalue weighted by molar-refractivity contribution is 8.01. The topological polar surface area (TPSA) is 85.5 Å². The van der Waals surface area contributed by atoms with Gasteiger partial charge in [-0.2, -0.15) is 0 Å². The lowest BCUT2D eigenvalue weighted by molar-refractivity contribution is -0.110. The molecule has 2 fully saturated rings. The summed E-state index contributed by atoms with van der Waals surface area (Å²) in [7, 11) is 3.79. The number of fused-ring (bicyclic) bond motifs is 3. The average Bonchev–Trinajstić information content (AvgIpc) is 3.49. The van der Waals surface area contributed by atoms with Gasteiger partial charge in [-0.15, -0.1) is 11.8 Å². The van der Waals surface area contributed by atoms with Crippen molar-refractivity contribution in [1.29, 1.82) is 0 Å². The summed E-state index contributed by atoms with van der Waals surface area (Å²) in [4.78, 5) is 44.3. The second-order valence-corrected chi connectivity index (χ2v) is 12.6. The van der Waals surface area contributed by atoms with Crippen LogP contribution in [0, 0.1) is 11.3 Å². The predicted octanol–water partition coefficient (Wildman–Crippen LogP) is 5.46. The second-order valence-electron chi connectivity index (χ2n) is 11.3. The zero-order chi connectivity index (χ0) is 27.5. The molecule has 40 heavy (non-hydrogen) atoms. The van der Waals surface area contributed by atoms with Gasteiger partial charge in [0.25, 0.3) is 5.91 Å². The number of benzene rings is 2. The van der Waals surface area contributed by atoms with Crippen LogP contribution in [0.4, 0.5) is 5.69 Å². The number of aryl methyl sites for hydroxylation is 2. The Labute approximate surface area is 234 Å². The molecule has 1 amide bonds. The highest BCUT2D eigenvalue weighted by Crippen LogP contribution is 2.66. The van der Waals surface area contributed by atoms with Crippen LogP contribution in [0.5, 0.6) is 0 Å². The van der Waals surface area contributed by atoms with Crippen molar-refractivity contribution in [2.24, 2.45) is 30.4 Å². The fourth-order valence-corrected chi connectivity index (χ4v) is 8.66. The number of ketones is 2. The van der Waals surface area contributed by atoms with E-state index in [1.54, 1.807) is 18.0 Å². The Morgan fingerprint density at radius 1 is 1.00 bits per heavy atom. The number of aliphatic imine (C=N–C) groups is 1. The van der Waals surface area contributed by atoms with Gasteiger partial charge in [-0.1, -0.05) is 31.2 Å². The van der Waals surface area contributed by atoms with E-state index in [4.69, 9.17) is 0 Å². The maximum absolute atomic E-state index is 13.8. The Kier molecular flexibility index (Phi) is 4.71. The minimum absolute atomic E-state index is 0.0332. The van der Waals surface area contributed by atoms with Gasteiger partial charge in [0, 0.05) is 64.3 Å². The predicted molar refractivity (Wildman–Crippen MR) is 158 cm³/mol. The van der Waals surface area contributed by atoms with Crippen LogP contribution in [-0.2, 0) is 18.9 Å². The zero-order valence-electron chi connectivity index (χ0n) is 22.3. The van der Waals surface area contributed by atoms with Gasteiger partial charge in [-0.25, -0.2) is 0 Å². The summed E-state index contributed by atoms with van der Waals surface area (Å²) in [6.07, 6.45) is 4.66. The van der Waals surface area contributed by atoms with E-state index < -0.39 is 5.41 Å². The number of nitrogens with one attached hydrogen (secondary N) is 1. The molecule has 2 aliphatic heterocycles. The maximum Gasteiger partial charge on any atom is 0.272 e. The number of hydrogen-bond donors (Lipinski definition) is 1. The molecular weight excluding hydrogens is 520 g/mol. The lowest BCUT2D eigenvalue weighted by Gasteiger charge is -2.32. The quantitative estimate of drug-likeness (QED) is 0.272. The largest absolute Gasteiger partial charge is 0.341 e. The van der Waals surface area contributed by atoms with Crippen LogP contribution in [0.3, 0.4) is 0 Å². The summed E-state index contributed by atoms with van der Waals surface area (Å²) in [6, 6.07) is 17.4. The highest BCUT2D eigenvalue weighted by atomic mass is 32.2. The fraction of sp³-hybridized carbons (Fsp3) is 0.250. The Balaban J connectivity index is 1.08. The standard InChI is InChI=1S/C32H26N4O3S/c1-16-10-26-20(32-21(30(32)38)15-33-29(16)32)14-27(40-26)28(37)24-13-18-11-19(8-9-23(18)35(24)2)34-31(39)25-12-17-6-4-5-7-22(17)36(25)3/h4-9,11-16,26-27H,10H2,1-3H3,(H,34,39)/t16-,26+,27?,32?/m0/s1. The number of carbonyl (C=O) groups excluding carboxylic acids is 3. The minimum atomic E-state index is -0.638. The molecule has 8 heteroatoms. The van der Waals surface area contributed by atoms with E-state index in [1.807, 2.05) is 83.9 Å². The van der Waals surface area contributed by atoms with Gasteiger partial charge in [0.05, 0.1) is 10.9 Å². The van der Waals surface area contributed by atoms with Crippen LogP contribution >= 0.6 is 11.8 Å². The number of nitrogens with zero attached hydrogens (tertiary/aromatic N) is 3. The number of anilines is 1. The molecule has 2 aliphatic carbocycles. The Hall–Kier alpha value is -4.17. The normalized spacial score (nSPS) is 26.2. The highest BCUT2D eigenvalue weighted by Gasteiger charge is 2.72. The van der Waals surface area contributed by atoms with E-state index in [0.29, 0.717) is 17.1 Å². The van der Waals surface area contributed by atoms with Crippen LogP contribution < -0.4 is 5.32 Å². The molecule has 2 saturated carbocycles. The van der Waals surface area contributed by atoms with E-state index in [-0.39, 0.29) is 33.9 Å². The molecule has 2 unspecified atom stereocenters. The Bertz CT molecular complexity index is 1960. The molecule has 1 spiro atoms. The van der Waals surface area contributed by atoms with Gasteiger partial charge in [0.15, 0.2) is 11.6 Å². The molecule has 0 bridgehead atoms. The number of Topliss-reactive ketones (excluding diaryl/α,β-unsaturated/α-hetero) is 2. The van der Waals surface area contributed by atoms with E-state index in [2.05, 4.69) is 17.2 Å². The smallest absolute Gasteiger partial charge is 0.272 e. The molecule has 2 aromatic carbocycles. The van der Waals surface area contributed by atoms with Gasteiger partial charge in [-0.05, 0) is 54.3 Å². The molecule has 4 aromatic rings. The van der Waals surface area contributed by atoms with E-state index >= 15 is 0 Å². The molecule has 198 valence electrons. The lowest BCUT2D eigenvalue weighted by Crippen LogP contribution is -2.36. The maximum atomic E-state index is 13.8. The lowest BCUT2D eigenvalue weighted by atomic mass is 9.73. The summed E-state index contributed by atoms with van der Waals surface area (Å²) in [5.41, 5.74) is 5.96. The Morgan fingerprint density at radius 3 is 2.55 bits per heavy atom. The molecule has 4 aliphatic rings. The number of allylic oxidation sites excluding steroid dienone is 1. The first-order chi connectivity index (χ1) is 19.3. The molecule has 2 aromatic heterocycles. The SMILES string of the molecule is C[C@H]1C[C@H]2SC(C(=O)c3cc4cc(NC(=O)c5cc6ccccc6n5C)ccc4n3C)C=C2C23C(=O)C2=CN=C13. The van der Waals surface area contributed by atoms with E-state index in [9.17, 15) is 14.4 Å². The molecule has 7 nitrogen and oxygen atoms in total. The van der Waals surface area contributed by atoms with Gasteiger partial charge >= 0.3 is 0 Å². The van der Waals surface area contributed by atoms with E-state index in [1.165, 1.54) is 0 Å². The van der Waals surface area contributed by atoms with Crippen molar-refractivity contribution in [3.8, 4) is 0 Å². The number of amides is 1. The summed E-state index contributed by atoms with van der Waals surface area (Å²) in [5.74, 6) is 0.236. The van der Waals surface area contributed by atoms with Crippen molar-refractivity contribution in [2.45, 2.75) is 23.8 Å². The third-order valence-electron chi connectivity index (χ3n) is 9.10. The summed E-state index contributed by atoms with van der Waals surface area (Å²) in [5, 5.41) is 4.73. The summed E-state index contributed by atoms with van der Waals surface area (Å²) >= 11 is 1.66. The first kappa shape index (κ1) is 23.7. The van der Waals surface area contributed by atoms with Gasteiger partial charge < -0.3 is 14.5 Å². The van der Waals surface area contributed by atoms with Gasteiger partial charge in [0.1, 0.15) is 11.1 Å². The third kappa shape index (κ3) is 2.97. The zero-order valence-corrected chi connectivity index (χ0v) is 23.1. The molecule has 0 saturated heterocycles.